The van der Waals surface area contributed by atoms with Gasteiger partial charge in [0.15, 0.2) is 0 Å². The number of amides is 3. The van der Waals surface area contributed by atoms with Crippen molar-refractivity contribution in [2.24, 2.45) is 0 Å². The van der Waals surface area contributed by atoms with Gasteiger partial charge < -0.3 is 15.0 Å². The molecule has 2 aliphatic heterocycles. The second-order valence-electron chi connectivity index (χ2n) is 5.90. The Balaban J connectivity index is 1.82. The van der Waals surface area contributed by atoms with Crippen LogP contribution in [-0.2, 0) is 20.7 Å². The number of nitrogens with zero attached hydrogens (tertiary/aromatic N) is 2. The van der Waals surface area contributed by atoms with Gasteiger partial charge in [0, 0.05) is 6.92 Å². The SMILES string of the molecule is CC(=O)NCC1CN(c2cc(F)c3c(c2)CC(=O)N3CCF)C(=O)O1. The topological polar surface area (TPSA) is 79.0 Å². The number of fused-ring (bicyclic) bond motifs is 1. The van der Waals surface area contributed by atoms with E-state index in [0.29, 0.717) is 5.56 Å². The first-order valence-electron chi connectivity index (χ1n) is 7.82. The fraction of sp³-hybridized carbons (Fsp3) is 0.438. The van der Waals surface area contributed by atoms with Crippen molar-refractivity contribution in [3.63, 3.8) is 0 Å². The Morgan fingerprint density at radius 2 is 2.16 bits per heavy atom. The Morgan fingerprint density at radius 1 is 1.40 bits per heavy atom. The minimum Gasteiger partial charge on any atom is -0.442 e. The molecule has 1 fully saturated rings. The van der Waals surface area contributed by atoms with Crippen molar-refractivity contribution in [3.05, 3.63) is 23.5 Å². The van der Waals surface area contributed by atoms with Crippen molar-refractivity contribution in [2.45, 2.75) is 19.4 Å². The predicted octanol–water partition coefficient (Wildman–Crippen LogP) is 1.15. The van der Waals surface area contributed by atoms with E-state index in [4.69, 9.17) is 4.74 Å². The third-order valence-corrected chi connectivity index (χ3v) is 4.11. The summed E-state index contributed by atoms with van der Waals surface area (Å²) in [7, 11) is 0. The smallest absolute Gasteiger partial charge is 0.414 e. The minimum absolute atomic E-state index is 0.0434. The maximum atomic E-state index is 14.5. The lowest BCUT2D eigenvalue weighted by Gasteiger charge is -2.18. The van der Waals surface area contributed by atoms with Crippen LogP contribution in [0.15, 0.2) is 12.1 Å². The van der Waals surface area contributed by atoms with Gasteiger partial charge in [0.2, 0.25) is 11.8 Å². The van der Waals surface area contributed by atoms with Gasteiger partial charge in [0.05, 0.1) is 37.4 Å². The first-order chi connectivity index (χ1) is 11.9. The summed E-state index contributed by atoms with van der Waals surface area (Å²) in [5, 5.41) is 2.55. The quantitative estimate of drug-likeness (QED) is 0.861. The number of carbonyl (C=O) groups is 3. The van der Waals surface area contributed by atoms with Gasteiger partial charge in [0.25, 0.3) is 0 Å². The van der Waals surface area contributed by atoms with Crippen LogP contribution in [-0.4, -0.2) is 50.3 Å². The molecule has 3 amide bonds. The lowest BCUT2D eigenvalue weighted by molar-refractivity contribution is -0.119. The highest BCUT2D eigenvalue weighted by Gasteiger charge is 2.36. The molecule has 134 valence electrons. The van der Waals surface area contributed by atoms with Crippen molar-refractivity contribution in [1.82, 2.24) is 5.32 Å². The normalized spacial score (nSPS) is 19.2. The average Bonchev–Trinajstić information content (AvgIpc) is 3.06. The Labute approximate surface area is 142 Å². The second kappa shape index (κ2) is 6.66. The van der Waals surface area contributed by atoms with E-state index in [-0.39, 0.29) is 49.2 Å². The minimum atomic E-state index is -0.768. The number of ether oxygens (including phenoxy) is 1. The van der Waals surface area contributed by atoms with E-state index in [0.717, 1.165) is 11.0 Å². The van der Waals surface area contributed by atoms with Gasteiger partial charge in [-0.3, -0.25) is 14.5 Å². The van der Waals surface area contributed by atoms with Gasteiger partial charge in [-0.1, -0.05) is 0 Å². The zero-order valence-corrected chi connectivity index (χ0v) is 13.6. The summed E-state index contributed by atoms with van der Waals surface area (Å²) in [6.07, 6.45) is -1.24. The standard InChI is InChI=1S/C16H17F2N3O4/c1-9(22)19-7-12-8-21(16(24)25-12)11-4-10-5-14(23)20(3-2-17)15(10)13(18)6-11/h4,6,12H,2-3,5,7-8H2,1H3,(H,19,22). The molecule has 3 rings (SSSR count). The molecule has 1 aromatic rings. The Hall–Kier alpha value is -2.71. The third kappa shape index (κ3) is 3.26. The van der Waals surface area contributed by atoms with Gasteiger partial charge in [-0.15, -0.1) is 0 Å². The maximum absolute atomic E-state index is 14.5. The molecular formula is C16H17F2N3O4. The molecule has 0 spiro atoms. The highest BCUT2D eigenvalue weighted by atomic mass is 19.1. The van der Waals surface area contributed by atoms with Crippen molar-refractivity contribution in [3.8, 4) is 0 Å². The van der Waals surface area contributed by atoms with Crippen molar-refractivity contribution in [2.75, 3.05) is 36.1 Å². The number of alkyl halides is 1. The van der Waals surface area contributed by atoms with Gasteiger partial charge >= 0.3 is 6.09 Å². The summed E-state index contributed by atoms with van der Waals surface area (Å²) in [4.78, 5) is 37.2. The van der Waals surface area contributed by atoms with Gasteiger partial charge in [0.1, 0.15) is 18.6 Å². The molecule has 25 heavy (non-hydrogen) atoms. The lowest BCUT2D eigenvalue weighted by atomic mass is 10.1. The van der Waals surface area contributed by atoms with Crippen LogP contribution in [0.2, 0.25) is 0 Å². The molecule has 0 aromatic heterocycles. The molecule has 0 saturated carbocycles. The molecule has 1 aromatic carbocycles. The summed E-state index contributed by atoms with van der Waals surface area (Å²) in [6, 6.07) is 2.67. The van der Waals surface area contributed by atoms with Crippen LogP contribution in [0.4, 0.5) is 25.0 Å². The maximum Gasteiger partial charge on any atom is 0.414 e. The molecule has 2 aliphatic rings. The van der Waals surface area contributed by atoms with Crippen LogP contribution in [0.25, 0.3) is 0 Å². The van der Waals surface area contributed by atoms with Crippen LogP contribution in [0, 0.1) is 5.82 Å². The highest BCUT2D eigenvalue weighted by molar-refractivity contribution is 6.02. The molecule has 0 radical (unpaired) electrons. The van der Waals surface area contributed by atoms with E-state index >= 15 is 0 Å². The lowest BCUT2D eigenvalue weighted by Crippen LogP contribution is -2.33. The third-order valence-electron chi connectivity index (χ3n) is 4.11. The fourth-order valence-corrected chi connectivity index (χ4v) is 3.03. The fourth-order valence-electron chi connectivity index (χ4n) is 3.03. The molecular weight excluding hydrogens is 336 g/mol. The summed E-state index contributed by atoms with van der Waals surface area (Å²) in [6.45, 7) is 0.695. The molecule has 9 heteroatoms. The van der Waals surface area contributed by atoms with Crippen LogP contribution in [0.5, 0.6) is 0 Å². The number of nitrogens with one attached hydrogen (secondary N) is 1. The molecule has 0 aliphatic carbocycles. The molecule has 7 nitrogen and oxygen atoms in total. The first kappa shape index (κ1) is 17.1. The molecule has 1 unspecified atom stereocenters. The zero-order valence-electron chi connectivity index (χ0n) is 13.6. The Kier molecular flexibility index (Phi) is 4.56. The van der Waals surface area contributed by atoms with E-state index in [9.17, 15) is 23.2 Å². The second-order valence-corrected chi connectivity index (χ2v) is 5.90. The zero-order chi connectivity index (χ0) is 18.1. The van der Waals surface area contributed by atoms with Crippen LogP contribution in [0.3, 0.4) is 0 Å². The van der Waals surface area contributed by atoms with Gasteiger partial charge in [-0.25, -0.2) is 13.6 Å². The number of anilines is 2. The van der Waals surface area contributed by atoms with Gasteiger partial charge in [-0.2, -0.15) is 0 Å². The van der Waals surface area contributed by atoms with Crippen molar-refractivity contribution in [1.29, 1.82) is 0 Å². The van der Waals surface area contributed by atoms with E-state index < -0.39 is 24.7 Å². The number of benzene rings is 1. The molecule has 1 N–H and O–H groups in total. The van der Waals surface area contributed by atoms with Crippen LogP contribution in [0.1, 0.15) is 12.5 Å². The number of rotatable bonds is 5. The number of carbonyl (C=O) groups excluding carboxylic acids is 3. The van der Waals surface area contributed by atoms with E-state index in [1.54, 1.807) is 0 Å². The van der Waals surface area contributed by atoms with E-state index in [1.807, 2.05) is 0 Å². The number of halogens is 2. The molecule has 0 bridgehead atoms. The van der Waals surface area contributed by atoms with Crippen molar-refractivity contribution < 1.29 is 27.9 Å². The largest absolute Gasteiger partial charge is 0.442 e. The Morgan fingerprint density at radius 3 is 2.84 bits per heavy atom. The van der Waals surface area contributed by atoms with Gasteiger partial charge in [-0.05, 0) is 17.7 Å². The molecule has 1 atom stereocenters. The first-order valence-corrected chi connectivity index (χ1v) is 7.82. The highest BCUT2D eigenvalue weighted by Crippen LogP contribution is 2.36. The summed E-state index contributed by atoms with van der Waals surface area (Å²) in [5.74, 6) is -1.31. The Bertz CT molecular complexity index is 740. The van der Waals surface area contributed by atoms with Crippen LogP contribution >= 0.6 is 0 Å². The monoisotopic (exact) mass is 353 g/mol. The summed E-state index contributed by atoms with van der Waals surface area (Å²) in [5.41, 5.74) is 0.738. The van der Waals surface area contributed by atoms with Crippen molar-refractivity contribution >= 4 is 29.3 Å². The number of hydrogen-bond donors (Lipinski definition) is 1. The summed E-state index contributed by atoms with van der Waals surface area (Å²) >= 11 is 0. The number of cyclic esters (lactones) is 1. The predicted molar refractivity (Wildman–Crippen MR) is 84.7 cm³/mol. The molecule has 1 saturated heterocycles. The molecule has 2 heterocycles. The summed E-state index contributed by atoms with van der Waals surface area (Å²) < 4.78 is 32.2. The van der Waals surface area contributed by atoms with E-state index in [1.165, 1.54) is 17.9 Å². The average molecular weight is 353 g/mol. The number of hydrogen-bond acceptors (Lipinski definition) is 4. The van der Waals surface area contributed by atoms with E-state index in [2.05, 4.69) is 5.32 Å². The van der Waals surface area contributed by atoms with Crippen LogP contribution < -0.4 is 15.1 Å².